The number of benzene rings is 2. The summed E-state index contributed by atoms with van der Waals surface area (Å²) in [5, 5.41) is 6.28. The van der Waals surface area contributed by atoms with Gasteiger partial charge in [0, 0.05) is 35.9 Å². The average molecular weight is 469 g/mol. The van der Waals surface area contributed by atoms with Gasteiger partial charge in [0.2, 0.25) is 5.96 Å². The molecule has 0 bridgehead atoms. The first-order chi connectivity index (χ1) is 15.2. The van der Waals surface area contributed by atoms with E-state index in [0.29, 0.717) is 37.0 Å². The van der Waals surface area contributed by atoms with Crippen LogP contribution in [-0.4, -0.2) is 56.2 Å². The minimum absolute atomic E-state index is 0.0866. The second-order valence-corrected chi connectivity index (χ2v) is 7.66. The van der Waals surface area contributed by atoms with Crippen LogP contribution in [0.15, 0.2) is 47.5 Å². The number of halogens is 4. The minimum Gasteiger partial charge on any atom is -0.379 e. The number of amides is 1. The Morgan fingerprint density at radius 3 is 2.50 bits per heavy atom. The van der Waals surface area contributed by atoms with E-state index in [4.69, 9.17) is 16.3 Å². The van der Waals surface area contributed by atoms with Crippen LogP contribution in [0.2, 0.25) is 5.02 Å². The van der Waals surface area contributed by atoms with Gasteiger partial charge in [-0.25, -0.2) is 0 Å². The van der Waals surface area contributed by atoms with Gasteiger partial charge in [0.1, 0.15) is 0 Å². The van der Waals surface area contributed by atoms with Crippen LogP contribution in [0.4, 0.5) is 18.9 Å². The zero-order valence-corrected chi connectivity index (χ0v) is 18.3. The summed E-state index contributed by atoms with van der Waals surface area (Å²) in [6, 6.07) is 9.32. The lowest BCUT2D eigenvalue weighted by Crippen LogP contribution is -2.39. The van der Waals surface area contributed by atoms with Crippen LogP contribution < -0.4 is 10.6 Å². The molecular formula is C22H24ClF3N4O2. The van der Waals surface area contributed by atoms with E-state index in [-0.39, 0.29) is 11.5 Å². The molecule has 2 aromatic rings. The number of rotatable bonds is 5. The first-order valence-corrected chi connectivity index (χ1v) is 10.5. The van der Waals surface area contributed by atoms with E-state index in [9.17, 15) is 18.0 Å². The van der Waals surface area contributed by atoms with Crippen molar-refractivity contribution in [3.63, 3.8) is 0 Å². The van der Waals surface area contributed by atoms with Crippen molar-refractivity contribution in [1.29, 1.82) is 0 Å². The molecule has 1 aliphatic heterocycles. The molecule has 6 nitrogen and oxygen atoms in total. The first-order valence-electron chi connectivity index (χ1n) is 10.1. The summed E-state index contributed by atoms with van der Waals surface area (Å²) in [5.74, 6) is -0.385. The molecule has 3 rings (SSSR count). The summed E-state index contributed by atoms with van der Waals surface area (Å²) < 4.78 is 43.7. The van der Waals surface area contributed by atoms with Gasteiger partial charge in [-0.1, -0.05) is 17.7 Å². The van der Waals surface area contributed by atoms with Crippen LogP contribution >= 0.6 is 11.6 Å². The van der Waals surface area contributed by atoms with Crippen LogP contribution in [0.1, 0.15) is 21.5 Å². The van der Waals surface area contributed by atoms with Crippen molar-refractivity contribution in [1.82, 2.24) is 10.2 Å². The predicted molar refractivity (Wildman–Crippen MR) is 118 cm³/mol. The maximum absolute atomic E-state index is 12.8. The maximum Gasteiger partial charge on any atom is 0.416 e. The van der Waals surface area contributed by atoms with Crippen LogP contribution in [0, 0.1) is 6.92 Å². The number of carbonyl (C=O) groups excluding carboxylic acids is 1. The lowest BCUT2D eigenvalue weighted by Gasteiger charge is -2.25. The van der Waals surface area contributed by atoms with Crippen molar-refractivity contribution in [3.8, 4) is 0 Å². The third-order valence-corrected chi connectivity index (χ3v) is 5.43. The fourth-order valence-electron chi connectivity index (χ4n) is 3.10. The van der Waals surface area contributed by atoms with Crippen LogP contribution in [0.25, 0.3) is 0 Å². The summed E-state index contributed by atoms with van der Waals surface area (Å²) in [6.45, 7) is 5.87. The zero-order valence-electron chi connectivity index (χ0n) is 17.5. The molecule has 172 valence electrons. The minimum atomic E-state index is -4.47. The highest BCUT2D eigenvalue weighted by Crippen LogP contribution is 2.29. The number of ether oxygens (including phenoxy) is 1. The van der Waals surface area contributed by atoms with Crippen LogP contribution in [0.3, 0.4) is 0 Å². The molecule has 2 aromatic carbocycles. The van der Waals surface area contributed by atoms with Gasteiger partial charge in [-0.05, 0) is 48.9 Å². The molecule has 0 unspecified atom stereocenters. The Morgan fingerprint density at radius 1 is 1.16 bits per heavy atom. The molecule has 2 N–H and O–H groups in total. The maximum atomic E-state index is 12.8. The standard InChI is InChI=1S/C22H24ClF3N4O2/c1-15-18(23)3-2-4-19(15)28-21(27-9-10-30-11-13-32-14-12-30)29-20(31)16-5-7-17(8-6-16)22(24,25)26/h2-8H,9-14H2,1H3,(H2,27,28,29,31). The van der Waals surface area contributed by atoms with Crippen molar-refractivity contribution in [3.05, 3.63) is 64.2 Å². The number of alkyl halides is 3. The largest absolute Gasteiger partial charge is 0.416 e. The van der Waals surface area contributed by atoms with Crippen molar-refractivity contribution >= 4 is 29.2 Å². The molecule has 1 fully saturated rings. The molecular weight excluding hydrogens is 445 g/mol. The van der Waals surface area contributed by atoms with E-state index in [1.54, 1.807) is 18.2 Å². The number of aliphatic imine (C=N–C) groups is 1. The molecule has 0 aromatic heterocycles. The predicted octanol–water partition coefficient (Wildman–Crippen LogP) is 4.20. The van der Waals surface area contributed by atoms with Gasteiger partial charge < -0.3 is 10.1 Å². The number of morpholine rings is 1. The molecule has 0 radical (unpaired) electrons. The van der Waals surface area contributed by atoms with Gasteiger partial charge in [0.15, 0.2) is 0 Å². The Labute approximate surface area is 189 Å². The SMILES string of the molecule is Cc1c(Cl)cccc1NC(=NCCN1CCOCC1)NC(=O)c1ccc(C(F)(F)F)cc1. The highest BCUT2D eigenvalue weighted by Gasteiger charge is 2.30. The smallest absolute Gasteiger partial charge is 0.379 e. The second-order valence-electron chi connectivity index (χ2n) is 7.25. The Morgan fingerprint density at radius 2 is 1.84 bits per heavy atom. The molecule has 0 atom stereocenters. The quantitative estimate of drug-likeness (QED) is 0.510. The van der Waals surface area contributed by atoms with Gasteiger partial charge in [-0.2, -0.15) is 13.2 Å². The molecule has 1 amide bonds. The molecule has 1 heterocycles. The van der Waals surface area contributed by atoms with Crippen molar-refractivity contribution < 1.29 is 22.7 Å². The molecule has 0 aliphatic carbocycles. The number of hydrogen-bond donors (Lipinski definition) is 2. The van der Waals surface area contributed by atoms with Crippen LogP contribution in [-0.2, 0) is 10.9 Å². The molecule has 0 saturated carbocycles. The summed E-state index contributed by atoms with van der Waals surface area (Å²) in [7, 11) is 0. The van der Waals surface area contributed by atoms with E-state index in [2.05, 4.69) is 20.5 Å². The lowest BCUT2D eigenvalue weighted by molar-refractivity contribution is -0.137. The van der Waals surface area contributed by atoms with E-state index in [1.807, 2.05) is 6.92 Å². The van der Waals surface area contributed by atoms with Gasteiger partial charge in [0.25, 0.3) is 5.91 Å². The van der Waals surface area contributed by atoms with E-state index >= 15 is 0 Å². The van der Waals surface area contributed by atoms with Crippen molar-refractivity contribution in [2.45, 2.75) is 13.1 Å². The fraction of sp³-hybridized carbons (Fsp3) is 0.364. The highest BCUT2D eigenvalue weighted by atomic mass is 35.5. The normalized spacial score (nSPS) is 15.5. The Bertz CT molecular complexity index is 959. The van der Waals surface area contributed by atoms with Crippen molar-refractivity contribution in [2.75, 3.05) is 44.7 Å². The van der Waals surface area contributed by atoms with Crippen LogP contribution in [0.5, 0.6) is 0 Å². The number of nitrogens with one attached hydrogen (secondary N) is 2. The lowest BCUT2D eigenvalue weighted by atomic mass is 10.1. The summed E-state index contributed by atoms with van der Waals surface area (Å²) in [6.07, 6.45) is -4.47. The number of guanidine groups is 1. The van der Waals surface area contributed by atoms with Crippen molar-refractivity contribution in [2.24, 2.45) is 4.99 Å². The second kappa shape index (κ2) is 10.8. The van der Waals surface area contributed by atoms with E-state index in [1.165, 1.54) is 0 Å². The molecule has 32 heavy (non-hydrogen) atoms. The molecule has 1 saturated heterocycles. The van der Waals surface area contributed by atoms with Gasteiger partial charge in [-0.15, -0.1) is 0 Å². The highest BCUT2D eigenvalue weighted by molar-refractivity contribution is 6.31. The van der Waals surface area contributed by atoms with Gasteiger partial charge >= 0.3 is 6.18 Å². The molecule has 1 aliphatic rings. The third kappa shape index (κ3) is 6.69. The molecule has 0 spiro atoms. The number of carbonyl (C=O) groups is 1. The average Bonchev–Trinajstić information content (AvgIpc) is 2.77. The van der Waals surface area contributed by atoms with E-state index in [0.717, 1.165) is 42.9 Å². The third-order valence-electron chi connectivity index (χ3n) is 5.02. The Hall–Kier alpha value is -2.62. The van der Waals surface area contributed by atoms with E-state index < -0.39 is 17.6 Å². The zero-order chi connectivity index (χ0) is 23.1. The van der Waals surface area contributed by atoms with Gasteiger partial charge in [-0.3, -0.25) is 20.0 Å². The number of anilines is 1. The topological polar surface area (TPSA) is 66.0 Å². The van der Waals surface area contributed by atoms with Gasteiger partial charge in [0.05, 0.1) is 25.3 Å². The Balaban J connectivity index is 1.73. The summed E-state index contributed by atoms with van der Waals surface area (Å²) in [4.78, 5) is 19.3. The molecule has 10 heteroatoms. The Kier molecular flexibility index (Phi) is 8.11. The monoisotopic (exact) mass is 468 g/mol. The number of hydrogen-bond acceptors (Lipinski definition) is 4. The summed E-state index contributed by atoms with van der Waals surface area (Å²) >= 11 is 6.18. The first kappa shape index (κ1) is 24.0. The number of nitrogens with zero attached hydrogens (tertiary/aromatic N) is 2. The summed E-state index contributed by atoms with van der Waals surface area (Å²) in [5.41, 5.74) is 0.707. The fourth-order valence-corrected chi connectivity index (χ4v) is 3.27.